The van der Waals surface area contributed by atoms with E-state index in [2.05, 4.69) is 82.8 Å². The lowest BCUT2D eigenvalue weighted by Gasteiger charge is -2.35. The molecule has 5 rings (SSSR count). The summed E-state index contributed by atoms with van der Waals surface area (Å²) in [6, 6.07) is 18.6. The molecular weight excluding hydrogens is 496 g/mol. The molecule has 3 aromatic carbocycles. The monoisotopic (exact) mass is 530 g/mol. The van der Waals surface area contributed by atoms with Crippen molar-refractivity contribution in [3.63, 3.8) is 0 Å². The van der Waals surface area contributed by atoms with E-state index in [9.17, 15) is 5.11 Å². The second kappa shape index (κ2) is 8.77. The highest BCUT2D eigenvalue weighted by Gasteiger charge is 2.33. The predicted octanol–water partition coefficient (Wildman–Crippen LogP) is 8.44. The number of aromatic nitrogens is 4. The van der Waals surface area contributed by atoms with E-state index in [0.29, 0.717) is 9.64 Å². The number of rotatable bonds is 5. The van der Waals surface area contributed by atoms with Crippen molar-refractivity contribution in [2.45, 2.75) is 65.7 Å². The number of hydrogen-bond acceptors (Lipinski definition) is 5. The number of benzene rings is 3. The Balaban J connectivity index is 1.74. The normalized spacial score (nSPS) is 13.1. The van der Waals surface area contributed by atoms with Gasteiger partial charge >= 0.3 is 0 Å². The van der Waals surface area contributed by atoms with Crippen LogP contribution in [-0.2, 0) is 10.8 Å². The first kappa shape index (κ1) is 25.6. The van der Waals surface area contributed by atoms with Crippen molar-refractivity contribution in [1.82, 2.24) is 20.0 Å². The maximum absolute atomic E-state index is 11.8. The van der Waals surface area contributed by atoms with E-state index < -0.39 is 5.41 Å². The van der Waals surface area contributed by atoms with E-state index >= 15 is 0 Å². The molecule has 0 atom stereocenters. The molecule has 0 aliphatic carbocycles. The first-order valence-electron chi connectivity index (χ1n) is 12.6. The van der Waals surface area contributed by atoms with Crippen LogP contribution < -0.4 is 0 Å². The van der Waals surface area contributed by atoms with E-state index in [1.807, 2.05) is 30.3 Å². The quantitative estimate of drug-likeness (QED) is 0.224. The van der Waals surface area contributed by atoms with Gasteiger partial charge in [-0.25, -0.2) is 4.98 Å². The molecule has 0 saturated heterocycles. The highest BCUT2D eigenvalue weighted by molar-refractivity contribution is 7.73. The molecule has 0 amide bonds. The Morgan fingerprint density at radius 3 is 2.30 bits per heavy atom. The Morgan fingerprint density at radius 1 is 0.919 bits per heavy atom. The fourth-order valence-electron chi connectivity index (χ4n) is 5.56. The number of fused-ring (bicyclic) bond motifs is 2. The average Bonchev–Trinajstić information content (AvgIpc) is 3.37. The largest absolute Gasteiger partial charge is 0.505 e. The molecule has 2 N–H and O–H groups in total. The zero-order valence-corrected chi connectivity index (χ0v) is 24.1. The zero-order valence-electron chi connectivity index (χ0n) is 22.5. The second-order valence-corrected chi connectivity index (χ2v) is 14.0. The number of phenols is 1. The second-order valence-electron chi connectivity index (χ2n) is 12.3. The fourth-order valence-corrected chi connectivity index (χ4v) is 6.64. The lowest BCUT2D eigenvalue weighted by Crippen LogP contribution is -2.27. The van der Waals surface area contributed by atoms with Gasteiger partial charge in [0.2, 0.25) is 0 Å². The number of hydrogen-bond donors (Lipinski definition) is 2. The van der Waals surface area contributed by atoms with Crippen molar-refractivity contribution in [1.29, 1.82) is 0 Å². The molecule has 5 nitrogen and oxygen atoms in total. The van der Waals surface area contributed by atoms with Gasteiger partial charge in [-0.2, -0.15) is 4.80 Å². The van der Waals surface area contributed by atoms with Crippen molar-refractivity contribution in [2.24, 2.45) is 5.41 Å². The third-order valence-electron chi connectivity index (χ3n) is 7.16. The molecule has 2 aromatic heterocycles. The molecule has 0 radical (unpaired) electrons. The zero-order chi connectivity index (χ0) is 26.8. The van der Waals surface area contributed by atoms with Crippen molar-refractivity contribution in [2.75, 3.05) is 0 Å². The molecule has 0 aliphatic rings. The molecule has 0 saturated carbocycles. The number of aromatic hydroxyl groups is 1. The van der Waals surface area contributed by atoms with Gasteiger partial charge in [-0.3, -0.25) is 5.10 Å². The molecule has 5 aromatic rings. The van der Waals surface area contributed by atoms with Crippen LogP contribution in [0.25, 0.3) is 26.9 Å². The standard InChI is InChI=1S/C30H34N4OS2/c1-28(2,3)17-29(4,5)19-13-20(30(6,7)18-11-9-8-10-12-18)26(35)24(14-19)34-32-21-15-23-25(16-22(21)33-34)37-27(36)31-23/h8-16,32,35H,17H2,1-7H3. The minimum atomic E-state index is -0.424. The van der Waals surface area contributed by atoms with Gasteiger partial charge in [0.25, 0.3) is 0 Å². The molecule has 0 bridgehead atoms. The molecule has 0 spiro atoms. The van der Waals surface area contributed by atoms with Crippen LogP contribution in [-0.4, -0.2) is 25.1 Å². The third kappa shape index (κ3) is 4.82. The molecule has 0 aliphatic heterocycles. The van der Waals surface area contributed by atoms with E-state index in [1.54, 1.807) is 4.80 Å². The van der Waals surface area contributed by atoms with Gasteiger partial charge in [-0.1, -0.05) is 84.9 Å². The first-order valence-corrected chi connectivity index (χ1v) is 13.8. The van der Waals surface area contributed by atoms with Gasteiger partial charge in [-0.15, -0.1) is 16.4 Å². The Kier molecular flexibility index (Phi) is 6.07. The minimum Gasteiger partial charge on any atom is -0.505 e. The smallest absolute Gasteiger partial charge is 0.181 e. The highest BCUT2D eigenvalue weighted by atomic mass is 32.1. The van der Waals surface area contributed by atoms with Crippen LogP contribution in [0, 0.1) is 9.37 Å². The minimum absolute atomic E-state index is 0.124. The van der Waals surface area contributed by atoms with Gasteiger partial charge in [0.1, 0.15) is 17.0 Å². The van der Waals surface area contributed by atoms with Crippen LogP contribution in [0.2, 0.25) is 0 Å². The van der Waals surface area contributed by atoms with E-state index in [0.717, 1.165) is 38.8 Å². The van der Waals surface area contributed by atoms with Crippen molar-refractivity contribution in [3.05, 3.63) is 75.2 Å². The van der Waals surface area contributed by atoms with Crippen LogP contribution in [0.1, 0.15) is 71.6 Å². The first-order chi connectivity index (χ1) is 17.2. The number of nitrogens with one attached hydrogen (secondary N) is 1. The number of phenolic OH excluding ortho intramolecular Hbond substituents is 1. The fraction of sp³-hybridized carbons (Fsp3) is 0.367. The molecule has 37 heavy (non-hydrogen) atoms. The Bertz CT molecular complexity index is 1610. The molecule has 7 heteroatoms. The van der Waals surface area contributed by atoms with Crippen molar-refractivity contribution >= 4 is 44.8 Å². The molecule has 2 heterocycles. The summed E-state index contributed by atoms with van der Waals surface area (Å²) in [5.74, 6) is 0.223. The Hall–Kier alpha value is -3.03. The van der Waals surface area contributed by atoms with Gasteiger partial charge in [-0.05, 0) is 58.8 Å². The lowest BCUT2D eigenvalue weighted by atomic mass is 9.70. The third-order valence-corrected chi connectivity index (χ3v) is 8.32. The lowest BCUT2D eigenvalue weighted by molar-refractivity contribution is 0.283. The predicted molar refractivity (Wildman–Crippen MR) is 157 cm³/mol. The number of thiazole rings is 1. The summed E-state index contributed by atoms with van der Waals surface area (Å²) in [4.78, 5) is 6.14. The van der Waals surface area contributed by atoms with Gasteiger partial charge in [0, 0.05) is 11.0 Å². The SMILES string of the molecule is CC(C)(C)CC(C)(C)c1cc(-n2nc3cc4sc(=S)nc4cc3[nH]2)c(O)c(C(C)(C)c2ccccc2)c1. The van der Waals surface area contributed by atoms with Gasteiger partial charge in [0.15, 0.2) is 3.95 Å². The number of nitrogens with zero attached hydrogens (tertiary/aromatic N) is 3. The maximum atomic E-state index is 11.8. The van der Waals surface area contributed by atoms with Crippen molar-refractivity contribution in [3.8, 4) is 11.4 Å². The molecule has 192 valence electrons. The van der Waals surface area contributed by atoms with Crippen LogP contribution in [0.4, 0.5) is 0 Å². The Labute approximate surface area is 227 Å². The van der Waals surface area contributed by atoms with Crippen LogP contribution in [0.15, 0.2) is 54.6 Å². The summed E-state index contributed by atoms with van der Waals surface area (Å²) < 4.78 is 1.63. The van der Waals surface area contributed by atoms with E-state index in [1.165, 1.54) is 16.9 Å². The summed E-state index contributed by atoms with van der Waals surface area (Å²) in [6.07, 6.45) is 0.992. The summed E-state index contributed by atoms with van der Waals surface area (Å²) in [5.41, 5.74) is 5.91. The van der Waals surface area contributed by atoms with Crippen LogP contribution >= 0.6 is 23.6 Å². The van der Waals surface area contributed by atoms with Crippen molar-refractivity contribution < 1.29 is 5.11 Å². The topological polar surface area (TPSA) is 66.7 Å². The molecular formula is C30H34N4OS2. The summed E-state index contributed by atoms with van der Waals surface area (Å²) >= 11 is 6.74. The summed E-state index contributed by atoms with van der Waals surface area (Å²) in [7, 11) is 0. The maximum Gasteiger partial charge on any atom is 0.181 e. The number of H-pyrrole nitrogens is 1. The summed E-state index contributed by atoms with van der Waals surface area (Å²) in [6.45, 7) is 15.7. The molecule has 0 unspecified atom stereocenters. The van der Waals surface area contributed by atoms with E-state index in [4.69, 9.17) is 17.3 Å². The van der Waals surface area contributed by atoms with Crippen LogP contribution in [0.3, 0.4) is 0 Å². The van der Waals surface area contributed by atoms with E-state index in [-0.39, 0.29) is 16.6 Å². The Morgan fingerprint density at radius 2 is 1.62 bits per heavy atom. The summed E-state index contributed by atoms with van der Waals surface area (Å²) in [5, 5.41) is 20.0. The molecule has 0 fully saturated rings. The van der Waals surface area contributed by atoms with Gasteiger partial charge < -0.3 is 5.11 Å². The van der Waals surface area contributed by atoms with Crippen LogP contribution in [0.5, 0.6) is 5.75 Å². The average molecular weight is 531 g/mol. The highest BCUT2D eigenvalue weighted by Crippen LogP contribution is 2.44. The van der Waals surface area contributed by atoms with Gasteiger partial charge in [0.05, 0.1) is 15.7 Å². The number of aromatic amines is 1.